The Labute approximate surface area is 174 Å². The number of para-hydroxylation sites is 1. The Morgan fingerprint density at radius 2 is 1.93 bits per heavy atom. The molecule has 0 radical (unpaired) electrons. The lowest BCUT2D eigenvalue weighted by atomic mass is 10.1. The van der Waals surface area contributed by atoms with Crippen LogP contribution in [0.3, 0.4) is 0 Å². The van der Waals surface area contributed by atoms with Crippen molar-refractivity contribution >= 4 is 33.0 Å². The van der Waals surface area contributed by atoms with Gasteiger partial charge in [0.1, 0.15) is 0 Å². The number of sulfone groups is 1. The van der Waals surface area contributed by atoms with Gasteiger partial charge in [-0.2, -0.15) is 4.98 Å². The van der Waals surface area contributed by atoms with Crippen molar-refractivity contribution in [3.8, 4) is 11.5 Å². The molecule has 3 aromatic rings. The van der Waals surface area contributed by atoms with Gasteiger partial charge in [-0.05, 0) is 36.8 Å². The van der Waals surface area contributed by atoms with Crippen LogP contribution < -0.4 is 5.32 Å². The summed E-state index contributed by atoms with van der Waals surface area (Å²) in [6.45, 7) is 5.72. The number of anilines is 1. The summed E-state index contributed by atoms with van der Waals surface area (Å²) in [5, 5.41) is 6.92. The first-order chi connectivity index (χ1) is 13.6. The van der Waals surface area contributed by atoms with Gasteiger partial charge < -0.3 is 9.84 Å². The van der Waals surface area contributed by atoms with Gasteiger partial charge in [-0.25, -0.2) is 8.42 Å². The maximum atomic E-state index is 12.9. The molecule has 0 saturated carbocycles. The highest BCUT2D eigenvalue weighted by molar-refractivity contribution is 7.90. The van der Waals surface area contributed by atoms with Gasteiger partial charge in [0.05, 0.1) is 26.7 Å². The summed E-state index contributed by atoms with van der Waals surface area (Å²) in [5.41, 5.74) is 1.87. The molecule has 1 aromatic heterocycles. The predicted octanol–water partition coefficient (Wildman–Crippen LogP) is 4.48. The molecule has 152 valence electrons. The van der Waals surface area contributed by atoms with Crippen molar-refractivity contribution in [1.29, 1.82) is 0 Å². The molecule has 1 heterocycles. The molecule has 0 atom stereocenters. The fourth-order valence-electron chi connectivity index (χ4n) is 2.68. The van der Waals surface area contributed by atoms with Crippen molar-refractivity contribution in [1.82, 2.24) is 10.1 Å². The zero-order valence-corrected chi connectivity index (χ0v) is 17.9. The summed E-state index contributed by atoms with van der Waals surface area (Å²) in [6, 6.07) is 9.41. The molecule has 2 aromatic carbocycles. The Balaban J connectivity index is 2.02. The number of carbonyl (C=O) groups excluding carboxylic acids is 1. The van der Waals surface area contributed by atoms with Crippen LogP contribution in [-0.2, 0) is 9.84 Å². The number of hydrogen-bond acceptors (Lipinski definition) is 6. The van der Waals surface area contributed by atoms with Crippen LogP contribution in [0, 0.1) is 6.92 Å². The van der Waals surface area contributed by atoms with E-state index in [0.29, 0.717) is 17.1 Å². The van der Waals surface area contributed by atoms with Crippen molar-refractivity contribution in [3.05, 3.63) is 58.4 Å². The smallest absolute Gasteiger partial charge is 0.260 e. The van der Waals surface area contributed by atoms with Gasteiger partial charge in [0, 0.05) is 12.2 Å². The molecule has 0 spiro atoms. The van der Waals surface area contributed by atoms with Crippen LogP contribution >= 0.6 is 11.6 Å². The Kier molecular flexibility index (Phi) is 5.77. The molecule has 0 aliphatic heterocycles. The average molecular weight is 434 g/mol. The highest BCUT2D eigenvalue weighted by Gasteiger charge is 2.20. The number of rotatable bonds is 5. The lowest BCUT2D eigenvalue weighted by Crippen LogP contribution is -2.15. The molecule has 29 heavy (non-hydrogen) atoms. The molecule has 0 saturated heterocycles. The zero-order valence-electron chi connectivity index (χ0n) is 16.4. The lowest BCUT2D eigenvalue weighted by Gasteiger charge is -2.13. The number of benzene rings is 2. The molecule has 0 fully saturated rings. The Hall–Kier alpha value is -2.71. The molecule has 0 aliphatic carbocycles. The second kappa shape index (κ2) is 7.96. The van der Waals surface area contributed by atoms with Crippen LogP contribution in [0.2, 0.25) is 5.02 Å². The summed E-state index contributed by atoms with van der Waals surface area (Å²) in [5.74, 6) is 0.388. The summed E-state index contributed by atoms with van der Waals surface area (Å²) in [7, 11) is -3.49. The maximum absolute atomic E-state index is 12.9. The van der Waals surface area contributed by atoms with Gasteiger partial charge in [0.2, 0.25) is 0 Å². The number of nitrogens with zero attached hydrogens (tertiary/aromatic N) is 2. The molecule has 3 rings (SSSR count). The number of amides is 1. The van der Waals surface area contributed by atoms with E-state index in [1.807, 2.05) is 32.9 Å². The van der Waals surface area contributed by atoms with Gasteiger partial charge in [0.25, 0.3) is 11.8 Å². The molecule has 0 aliphatic rings. The third kappa shape index (κ3) is 4.49. The molecule has 9 heteroatoms. The molecule has 1 amide bonds. The lowest BCUT2D eigenvalue weighted by molar-refractivity contribution is 0.102. The minimum atomic E-state index is -3.49. The molecular formula is C20H20ClN3O4S. The third-order valence-corrected chi connectivity index (χ3v) is 5.75. The zero-order chi connectivity index (χ0) is 21.3. The Morgan fingerprint density at radius 3 is 2.55 bits per heavy atom. The van der Waals surface area contributed by atoms with Crippen LogP contribution in [0.5, 0.6) is 0 Å². The number of nitrogens with one attached hydrogen (secondary N) is 1. The first kappa shape index (κ1) is 21.0. The number of aromatic nitrogens is 2. The van der Waals surface area contributed by atoms with E-state index >= 15 is 0 Å². The van der Waals surface area contributed by atoms with E-state index in [4.69, 9.17) is 16.1 Å². The van der Waals surface area contributed by atoms with Crippen molar-refractivity contribution in [2.45, 2.75) is 31.6 Å². The van der Waals surface area contributed by atoms with Crippen molar-refractivity contribution in [2.75, 3.05) is 11.6 Å². The largest absolute Gasteiger partial charge is 0.334 e. The monoisotopic (exact) mass is 433 g/mol. The number of carbonyl (C=O) groups is 1. The van der Waals surface area contributed by atoms with Crippen molar-refractivity contribution in [3.63, 3.8) is 0 Å². The van der Waals surface area contributed by atoms with E-state index in [2.05, 4.69) is 15.5 Å². The van der Waals surface area contributed by atoms with Crippen molar-refractivity contribution in [2.24, 2.45) is 0 Å². The minimum absolute atomic E-state index is 0.00975. The van der Waals surface area contributed by atoms with Gasteiger partial charge in [-0.3, -0.25) is 4.79 Å². The van der Waals surface area contributed by atoms with E-state index in [9.17, 15) is 13.2 Å². The van der Waals surface area contributed by atoms with E-state index in [1.165, 1.54) is 18.2 Å². The summed E-state index contributed by atoms with van der Waals surface area (Å²) in [4.78, 5) is 17.3. The first-order valence-corrected chi connectivity index (χ1v) is 11.1. The first-order valence-electron chi connectivity index (χ1n) is 8.82. The van der Waals surface area contributed by atoms with Crippen LogP contribution in [-0.4, -0.2) is 30.7 Å². The standard InChI is InChI=1S/C20H20ClN3O4S/c1-11(2)18-23-20(28-24-18)14-7-5-6-12(3)17(14)22-19(25)15-10-13(29(4,26)27)8-9-16(15)21/h5-11H,1-4H3,(H,22,25). The van der Waals surface area contributed by atoms with Gasteiger partial charge in [0.15, 0.2) is 15.7 Å². The van der Waals surface area contributed by atoms with E-state index in [1.54, 1.807) is 6.07 Å². The van der Waals surface area contributed by atoms with Gasteiger partial charge in [-0.15, -0.1) is 0 Å². The second-order valence-corrected chi connectivity index (χ2v) is 9.40. The highest BCUT2D eigenvalue weighted by Crippen LogP contribution is 2.31. The third-order valence-electron chi connectivity index (χ3n) is 4.31. The summed E-state index contributed by atoms with van der Waals surface area (Å²) >= 11 is 6.15. The topological polar surface area (TPSA) is 102 Å². The average Bonchev–Trinajstić information content (AvgIpc) is 3.13. The van der Waals surface area contributed by atoms with Crippen LogP contribution in [0.15, 0.2) is 45.8 Å². The van der Waals surface area contributed by atoms with E-state index in [0.717, 1.165) is 11.8 Å². The van der Waals surface area contributed by atoms with Crippen LogP contribution in [0.1, 0.15) is 41.5 Å². The minimum Gasteiger partial charge on any atom is -0.334 e. The molecule has 7 nitrogen and oxygen atoms in total. The fraction of sp³-hybridized carbons (Fsp3) is 0.250. The van der Waals surface area contributed by atoms with Crippen LogP contribution in [0.25, 0.3) is 11.5 Å². The normalized spacial score (nSPS) is 11.7. The Bertz CT molecular complexity index is 1190. The number of halogens is 1. The van der Waals surface area contributed by atoms with E-state index < -0.39 is 15.7 Å². The van der Waals surface area contributed by atoms with Crippen LogP contribution in [0.4, 0.5) is 5.69 Å². The Morgan fingerprint density at radius 1 is 1.21 bits per heavy atom. The summed E-state index contributed by atoms with van der Waals surface area (Å²) < 4.78 is 29.0. The quantitative estimate of drug-likeness (QED) is 0.636. The SMILES string of the molecule is Cc1cccc(-c2nc(C(C)C)no2)c1NC(=O)c1cc(S(C)(=O)=O)ccc1Cl. The fourth-order valence-corrected chi connectivity index (χ4v) is 3.53. The maximum Gasteiger partial charge on any atom is 0.260 e. The highest BCUT2D eigenvalue weighted by atomic mass is 35.5. The van der Waals surface area contributed by atoms with Gasteiger partial charge in [-0.1, -0.05) is 42.7 Å². The summed E-state index contributed by atoms with van der Waals surface area (Å²) in [6.07, 6.45) is 1.07. The molecule has 0 unspecified atom stereocenters. The molecule has 1 N–H and O–H groups in total. The number of aryl methyl sites for hydroxylation is 1. The predicted molar refractivity (Wildman–Crippen MR) is 111 cm³/mol. The molecule has 0 bridgehead atoms. The molecular weight excluding hydrogens is 414 g/mol. The van der Waals surface area contributed by atoms with Crippen molar-refractivity contribution < 1.29 is 17.7 Å². The number of hydrogen-bond donors (Lipinski definition) is 1. The van der Waals surface area contributed by atoms with Gasteiger partial charge >= 0.3 is 0 Å². The second-order valence-electron chi connectivity index (χ2n) is 6.98. The van der Waals surface area contributed by atoms with E-state index in [-0.39, 0.29) is 27.3 Å².